The number of rotatable bonds is 4. The zero-order valence-corrected chi connectivity index (χ0v) is 18.0. The Hall–Kier alpha value is -1.84. The maximum Gasteiger partial charge on any atom is 0.409 e. The highest BCUT2D eigenvalue weighted by atomic mass is 35.5. The average molecular weight is 444 g/mol. The molecule has 0 bridgehead atoms. The van der Waals surface area contributed by atoms with Crippen molar-refractivity contribution in [2.75, 3.05) is 45.9 Å². The molecule has 2 aliphatic heterocycles. The van der Waals surface area contributed by atoms with E-state index in [-0.39, 0.29) is 29.4 Å². The number of halogens is 1. The second kappa shape index (κ2) is 9.32. The van der Waals surface area contributed by atoms with Crippen LogP contribution in [0.1, 0.15) is 19.8 Å². The maximum absolute atomic E-state index is 13.0. The molecule has 2 fully saturated rings. The Morgan fingerprint density at radius 2 is 1.69 bits per heavy atom. The number of nitrogens with zero attached hydrogens (tertiary/aromatic N) is 3. The van der Waals surface area contributed by atoms with E-state index in [1.165, 1.54) is 16.4 Å². The number of ether oxygens (including phenoxy) is 1. The molecule has 1 aromatic carbocycles. The molecule has 3 rings (SSSR count). The lowest BCUT2D eigenvalue weighted by Gasteiger charge is -2.38. The molecule has 2 amide bonds. The summed E-state index contributed by atoms with van der Waals surface area (Å²) in [6.45, 7) is 4.33. The van der Waals surface area contributed by atoms with Gasteiger partial charge in [0, 0.05) is 44.3 Å². The van der Waals surface area contributed by atoms with Gasteiger partial charge in [0.1, 0.15) is 0 Å². The van der Waals surface area contributed by atoms with E-state index in [0.717, 1.165) is 0 Å². The molecule has 10 heteroatoms. The van der Waals surface area contributed by atoms with E-state index in [1.54, 1.807) is 28.9 Å². The van der Waals surface area contributed by atoms with Crippen LogP contribution >= 0.6 is 11.6 Å². The van der Waals surface area contributed by atoms with Crippen LogP contribution in [0.3, 0.4) is 0 Å². The number of piperazine rings is 1. The standard InChI is InChI=1S/C19H26ClN3O5S/c1-2-28-19(25)22-12-10-21(11-13-22)18(24)15-4-3-9-23(14-15)29(26,27)17-7-5-16(20)6-8-17/h5-8,15H,2-4,9-14H2,1H3/t15-/m0/s1. The van der Waals surface area contributed by atoms with Crippen LogP contribution in [-0.4, -0.2) is 80.4 Å². The van der Waals surface area contributed by atoms with Crippen LogP contribution in [0.4, 0.5) is 4.79 Å². The predicted molar refractivity (Wildman–Crippen MR) is 108 cm³/mol. The minimum atomic E-state index is -3.67. The summed E-state index contributed by atoms with van der Waals surface area (Å²) in [6.07, 6.45) is 0.924. The van der Waals surface area contributed by atoms with Crippen molar-refractivity contribution in [2.45, 2.75) is 24.7 Å². The van der Waals surface area contributed by atoms with Crippen LogP contribution in [0, 0.1) is 5.92 Å². The maximum atomic E-state index is 13.0. The van der Waals surface area contributed by atoms with E-state index in [2.05, 4.69) is 0 Å². The molecule has 0 spiro atoms. The summed E-state index contributed by atoms with van der Waals surface area (Å²) in [5, 5.41) is 0.470. The molecular weight excluding hydrogens is 418 g/mol. The van der Waals surface area contributed by atoms with Crippen molar-refractivity contribution in [1.82, 2.24) is 14.1 Å². The van der Waals surface area contributed by atoms with Gasteiger partial charge in [0.15, 0.2) is 0 Å². The highest BCUT2D eigenvalue weighted by Crippen LogP contribution is 2.26. The van der Waals surface area contributed by atoms with Gasteiger partial charge in [0.2, 0.25) is 15.9 Å². The van der Waals surface area contributed by atoms with Gasteiger partial charge in [-0.15, -0.1) is 0 Å². The first-order valence-corrected chi connectivity index (χ1v) is 11.6. The van der Waals surface area contributed by atoms with Gasteiger partial charge in [-0.3, -0.25) is 4.79 Å². The van der Waals surface area contributed by atoms with Crippen LogP contribution in [0.25, 0.3) is 0 Å². The quantitative estimate of drug-likeness (QED) is 0.710. The Morgan fingerprint density at radius 3 is 2.31 bits per heavy atom. The molecule has 2 saturated heterocycles. The molecule has 0 N–H and O–H groups in total. The summed E-state index contributed by atoms with van der Waals surface area (Å²) >= 11 is 5.85. The first-order valence-electron chi connectivity index (χ1n) is 9.79. The van der Waals surface area contributed by atoms with Crippen LogP contribution in [0.5, 0.6) is 0 Å². The van der Waals surface area contributed by atoms with E-state index in [4.69, 9.17) is 16.3 Å². The highest BCUT2D eigenvalue weighted by Gasteiger charge is 2.36. The Morgan fingerprint density at radius 1 is 1.07 bits per heavy atom. The number of benzene rings is 1. The largest absolute Gasteiger partial charge is 0.450 e. The van der Waals surface area contributed by atoms with E-state index < -0.39 is 10.0 Å². The van der Waals surface area contributed by atoms with Gasteiger partial charge in [-0.1, -0.05) is 11.6 Å². The van der Waals surface area contributed by atoms with Crippen molar-refractivity contribution < 1.29 is 22.7 Å². The Labute approximate surface area is 176 Å². The van der Waals surface area contributed by atoms with Crippen molar-refractivity contribution in [2.24, 2.45) is 5.92 Å². The van der Waals surface area contributed by atoms with Gasteiger partial charge in [-0.05, 0) is 44.0 Å². The van der Waals surface area contributed by atoms with Crippen molar-refractivity contribution in [3.8, 4) is 0 Å². The Kier molecular flexibility index (Phi) is 7.02. The Bertz CT molecular complexity index is 838. The second-order valence-corrected chi connectivity index (χ2v) is 9.54. The van der Waals surface area contributed by atoms with Gasteiger partial charge in [-0.25, -0.2) is 13.2 Å². The van der Waals surface area contributed by atoms with Crippen molar-refractivity contribution in [3.05, 3.63) is 29.3 Å². The predicted octanol–water partition coefficient (Wildman–Crippen LogP) is 2.04. The molecule has 0 radical (unpaired) electrons. The SMILES string of the molecule is CCOC(=O)N1CCN(C(=O)[C@H]2CCCN(S(=O)(=O)c3ccc(Cl)cc3)C2)CC1. The van der Waals surface area contributed by atoms with E-state index in [9.17, 15) is 18.0 Å². The number of carbonyl (C=O) groups excluding carboxylic acids is 2. The number of hydrogen-bond acceptors (Lipinski definition) is 5. The number of sulfonamides is 1. The molecule has 2 aliphatic rings. The topological polar surface area (TPSA) is 87.2 Å². The fourth-order valence-corrected chi connectivity index (χ4v) is 5.35. The summed E-state index contributed by atoms with van der Waals surface area (Å²) < 4.78 is 32.2. The minimum Gasteiger partial charge on any atom is -0.450 e. The van der Waals surface area contributed by atoms with Gasteiger partial charge in [-0.2, -0.15) is 4.31 Å². The molecule has 0 unspecified atom stereocenters. The summed E-state index contributed by atoms with van der Waals surface area (Å²) in [5.74, 6) is -0.426. The first-order chi connectivity index (χ1) is 13.8. The van der Waals surface area contributed by atoms with Crippen molar-refractivity contribution in [3.63, 3.8) is 0 Å². The van der Waals surface area contributed by atoms with Crippen LogP contribution in [0.15, 0.2) is 29.2 Å². The number of carbonyl (C=O) groups is 2. The lowest BCUT2D eigenvalue weighted by molar-refractivity contribution is -0.138. The fourth-order valence-electron chi connectivity index (χ4n) is 3.70. The molecule has 1 aromatic rings. The number of piperidine rings is 1. The minimum absolute atomic E-state index is 0.0514. The van der Waals surface area contributed by atoms with Crippen LogP contribution < -0.4 is 0 Å². The van der Waals surface area contributed by atoms with Crippen molar-refractivity contribution >= 4 is 33.6 Å². The molecule has 0 aliphatic carbocycles. The lowest BCUT2D eigenvalue weighted by atomic mass is 9.98. The van der Waals surface area contributed by atoms with Crippen LogP contribution in [0.2, 0.25) is 5.02 Å². The summed E-state index contributed by atoms with van der Waals surface area (Å²) in [5.41, 5.74) is 0. The summed E-state index contributed by atoms with van der Waals surface area (Å²) in [4.78, 5) is 28.3. The third-order valence-corrected chi connectivity index (χ3v) is 7.43. The zero-order valence-electron chi connectivity index (χ0n) is 16.4. The molecule has 29 heavy (non-hydrogen) atoms. The molecule has 8 nitrogen and oxygen atoms in total. The summed E-state index contributed by atoms with van der Waals surface area (Å²) in [6, 6.07) is 6.06. The molecule has 160 valence electrons. The monoisotopic (exact) mass is 443 g/mol. The van der Waals surface area contributed by atoms with E-state index in [1.807, 2.05) is 0 Å². The zero-order chi connectivity index (χ0) is 21.0. The smallest absolute Gasteiger partial charge is 0.409 e. The third kappa shape index (κ3) is 5.02. The van der Waals surface area contributed by atoms with Gasteiger partial charge < -0.3 is 14.5 Å². The van der Waals surface area contributed by atoms with E-state index in [0.29, 0.717) is 57.2 Å². The number of amides is 2. The normalized spacial score (nSPS) is 21.1. The first kappa shape index (κ1) is 21.9. The van der Waals surface area contributed by atoms with E-state index >= 15 is 0 Å². The summed E-state index contributed by atoms with van der Waals surface area (Å²) in [7, 11) is -3.67. The van der Waals surface area contributed by atoms with Gasteiger partial charge in [0.25, 0.3) is 0 Å². The molecule has 2 heterocycles. The average Bonchev–Trinajstić information content (AvgIpc) is 2.74. The second-order valence-electron chi connectivity index (χ2n) is 7.17. The molecule has 0 aromatic heterocycles. The molecule has 0 saturated carbocycles. The molecule has 1 atom stereocenters. The van der Waals surface area contributed by atoms with Gasteiger partial charge >= 0.3 is 6.09 Å². The van der Waals surface area contributed by atoms with Crippen LogP contribution in [-0.2, 0) is 19.6 Å². The number of hydrogen-bond donors (Lipinski definition) is 0. The highest BCUT2D eigenvalue weighted by molar-refractivity contribution is 7.89. The third-order valence-electron chi connectivity index (χ3n) is 5.30. The van der Waals surface area contributed by atoms with Gasteiger partial charge in [0.05, 0.1) is 17.4 Å². The lowest BCUT2D eigenvalue weighted by Crippen LogP contribution is -2.54. The Balaban J connectivity index is 1.61. The fraction of sp³-hybridized carbons (Fsp3) is 0.579. The van der Waals surface area contributed by atoms with Crippen molar-refractivity contribution in [1.29, 1.82) is 0 Å². The molecular formula is C19H26ClN3O5S.